The van der Waals surface area contributed by atoms with Crippen LogP contribution in [0.5, 0.6) is 0 Å². The van der Waals surface area contributed by atoms with Crippen molar-refractivity contribution < 1.29 is 13.5 Å². The van der Waals surface area contributed by atoms with Crippen molar-refractivity contribution in [1.29, 1.82) is 0 Å². The molecular formula is C18H20F2O. The maximum atomic E-state index is 14.1. The van der Waals surface area contributed by atoms with Crippen LogP contribution >= 0.6 is 0 Å². The van der Waals surface area contributed by atoms with Crippen LogP contribution in [0.25, 0.3) is 0 Å². The lowest BCUT2D eigenvalue weighted by Gasteiger charge is -2.23. The normalized spacial score (nSPS) is 26.8. The van der Waals surface area contributed by atoms with E-state index in [1.165, 1.54) is 12.5 Å². The van der Waals surface area contributed by atoms with Gasteiger partial charge in [0.2, 0.25) is 0 Å². The van der Waals surface area contributed by atoms with E-state index in [0.717, 1.165) is 30.6 Å². The first kappa shape index (κ1) is 14.5. The molecule has 1 aromatic carbocycles. The molecule has 0 amide bonds. The minimum absolute atomic E-state index is 0.153. The summed E-state index contributed by atoms with van der Waals surface area (Å²) in [7, 11) is 0. The van der Waals surface area contributed by atoms with E-state index in [9.17, 15) is 8.78 Å². The minimum atomic E-state index is -0.739. The standard InChI is InChI=1S/C18H20F2O/c19-16-6-2-1-5-15(18(16)20)13-8-10-14(11-9-13)17-7-3-4-12-21-17/h2,6,8-11,15,17H,1,3-5,7,12H2. The number of rotatable bonds is 2. The zero-order chi connectivity index (χ0) is 14.7. The SMILES string of the molecule is FC1=C(F)C(c2ccc(C3CCCCO3)cc2)CCC=C1. The fourth-order valence-electron chi connectivity index (χ4n) is 3.08. The molecule has 0 aromatic heterocycles. The fourth-order valence-corrected chi connectivity index (χ4v) is 3.08. The van der Waals surface area contributed by atoms with Gasteiger partial charge in [0.15, 0.2) is 5.83 Å². The van der Waals surface area contributed by atoms with Gasteiger partial charge >= 0.3 is 0 Å². The van der Waals surface area contributed by atoms with Gasteiger partial charge in [-0.3, -0.25) is 0 Å². The van der Waals surface area contributed by atoms with Crippen molar-refractivity contribution in [3.8, 4) is 0 Å². The molecule has 3 rings (SSSR count). The van der Waals surface area contributed by atoms with Crippen LogP contribution in [0.1, 0.15) is 55.3 Å². The molecule has 1 aliphatic heterocycles. The van der Waals surface area contributed by atoms with Crippen LogP contribution in [0.15, 0.2) is 48.1 Å². The van der Waals surface area contributed by atoms with E-state index in [2.05, 4.69) is 0 Å². The van der Waals surface area contributed by atoms with Crippen molar-refractivity contribution in [2.75, 3.05) is 6.61 Å². The molecule has 1 saturated heterocycles. The Kier molecular flexibility index (Phi) is 4.49. The van der Waals surface area contributed by atoms with Crippen LogP contribution in [0.3, 0.4) is 0 Å². The Morgan fingerprint density at radius 3 is 2.43 bits per heavy atom. The van der Waals surface area contributed by atoms with Crippen LogP contribution in [0.2, 0.25) is 0 Å². The second kappa shape index (κ2) is 6.52. The fraction of sp³-hybridized carbons (Fsp3) is 0.444. The van der Waals surface area contributed by atoms with Crippen molar-refractivity contribution >= 4 is 0 Å². The minimum Gasteiger partial charge on any atom is -0.374 e. The van der Waals surface area contributed by atoms with Gasteiger partial charge in [-0.25, -0.2) is 8.78 Å². The molecule has 0 N–H and O–H groups in total. The van der Waals surface area contributed by atoms with Crippen LogP contribution in [-0.4, -0.2) is 6.61 Å². The largest absolute Gasteiger partial charge is 0.374 e. The second-order valence-electron chi connectivity index (χ2n) is 5.75. The lowest BCUT2D eigenvalue weighted by Crippen LogP contribution is -2.11. The summed E-state index contributed by atoms with van der Waals surface area (Å²) in [5.74, 6) is -1.86. The Labute approximate surface area is 124 Å². The van der Waals surface area contributed by atoms with Gasteiger partial charge < -0.3 is 4.74 Å². The molecule has 1 nitrogen and oxygen atoms in total. The first-order valence-corrected chi connectivity index (χ1v) is 7.69. The lowest BCUT2D eigenvalue weighted by molar-refractivity contribution is 0.0149. The maximum absolute atomic E-state index is 14.1. The third-order valence-corrected chi connectivity index (χ3v) is 4.31. The van der Waals surface area contributed by atoms with Gasteiger partial charge in [-0.2, -0.15) is 0 Å². The highest BCUT2D eigenvalue weighted by atomic mass is 19.2. The van der Waals surface area contributed by atoms with Crippen LogP contribution in [0.4, 0.5) is 8.78 Å². The quantitative estimate of drug-likeness (QED) is 0.697. The van der Waals surface area contributed by atoms with Crippen LogP contribution in [0, 0.1) is 0 Å². The zero-order valence-corrected chi connectivity index (χ0v) is 12.0. The topological polar surface area (TPSA) is 9.23 Å². The summed E-state index contributed by atoms with van der Waals surface area (Å²) in [4.78, 5) is 0. The number of halogens is 2. The Morgan fingerprint density at radius 1 is 0.952 bits per heavy atom. The third-order valence-electron chi connectivity index (χ3n) is 4.31. The number of hydrogen-bond donors (Lipinski definition) is 0. The van der Waals surface area contributed by atoms with Crippen molar-refractivity contribution in [2.24, 2.45) is 0 Å². The molecule has 2 unspecified atom stereocenters. The van der Waals surface area contributed by atoms with Crippen molar-refractivity contribution in [2.45, 2.75) is 44.1 Å². The molecule has 2 aliphatic rings. The van der Waals surface area contributed by atoms with Gasteiger partial charge in [0, 0.05) is 12.5 Å². The molecule has 0 bridgehead atoms. The van der Waals surface area contributed by atoms with Gasteiger partial charge in [-0.15, -0.1) is 0 Å². The van der Waals surface area contributed by atoms with Gasteiger partial charge in [0.05, 0.1) is 6.10 Å². The first-order chi connectivity index (χ1) is 10.3. The summed E-state index contributed by atoms with van der Waals surface area (Å²) in [5, 5.41) is 0. The number of allylic oxidation sites excluding steroid dienone is 4. The van der Waals surface area contributed by atoms with E-state index in [-0.39, 0.29) is 6.10 Å². The monoisotopic (exact) mass is 290 g/mol. The van der Waals surface area contributed by atoms with Crippen molar-refractivity contribution in [1.82, 2.24) is 0 Å². The second-order valence-corrected chi connectivity index (χ2v) is 5.75. The highest BCUT2D eigenvalue weighted by Gasteiger charge is 2.22. The van der Waals surface area contributed by atoms with E-state index >= 15 is 0 Å². The molecule has 0 saturated carbocycles. The smallest absolute Gasteiger partial charge is 0.154 e. The van der Waals surface area contributed by atoms with Crippen LogP contribution in [-0.2, 0) is 4.74 Å². The van der Waals surface area contributed by atoms with E-state index in [4.69, 9.17) is 4.74 Å². The van der Waals surface area contributed by atoms with Gasteiger partial charge in [-0.1, -0.05) is 30.3 Å². The number of ether oxygens (including phenoxy) is 1. The van der Waals surface area contributed by atoms with Gasteiger partial charge in [0.25, 0.3) is 0 Å². The predicted molar refractivity (Wildman–Crippen MR) is 79.3 cm³/mol. The van der Waals surface area contributed by atoms with Crippen molar-refractivity contribution in [3.05, 3.63) is 59.2 Å². The molecule has 2 atom stereocenters. The van der Waals surface area contributed by atoms with Crippen LogP contribution < -0.4 is 0 Å². The molecule has 1 heterocycles. The number of benzene rings is 1. The Bertz CT molecular complexity index is 539. The molecular weight excluding hydrogens is 270 g/mol. The van der Waals surface area contributed by atoms with E-state index < -0.39 is 17.6 Å². The van der Waals surface area contributed by atoms with E-state index in [0.29, 0.717) is 12.8 Å². The Morgan fingerprint density at radius 2 is 1.71 bits per heavy atom. The maximum Gasteiger partial charge on any atom is 0.154 e. The van der Waals surface area contributed by atoms with Gasteiger partial charge in [0.1, 0.15) is 5.83 Å². The molecule has 1 aromatic rings. The van der Waals surface area contributed by atoms with E-state index in [1.807, 2.05) is 24.3 Å². The summed E-state index contributed by atoms with van der Waals surface area (Å²) in [6.45, 7) is 0.809. The first-order valence-electron chi connectivity index (χ1n) is 7.69. The molecule has 1 fully saturated rings. The summed E-state index contributed by atoms with van der Waals surface area (Å²) in [5.41, 5.74) is 1.97. The summed E-state index contributed by atoms with van der Waals surface area (Å²) >= 11 is 0. The highest BCUT2D eigenvalue weighted by molar-refractivity contribution is 5.34. The highest BCUT2D eigenvalue weighted by Crippen LogP contribution is 2.36. The molecule has 0 radical (unpaired) electrons. The van der Waals surface area contributed by atoms with E-state index in [1.54, 1.807) is 6.08 Å². The predicted octanol–water partition coefficient (Wildman–Crippen LogP) is 5.51. The summed E-state index contributed by atoms with van der Waals surface area (Å²) in [6.07, 6.45) is 7.73. The zero-order valence-electron chi connectivity index (χ0n) is 12.0. The summed E-state index contributed by atoms with van der Waals surface area (Å²) < 4.78 is 33.4. The van der Waals surface area contributed by atoms with Crippen molar-refractivity contribution in [3.63, 3.8) is 0 Å². The average molecular weight is 290 g/mol. The van der Waals surface area contributed by atoms with Gasteiger partial charge in [-0.05, 0) is 49.3 Å². The molecule has 1 aliphatic carbocycles. The Balaban J connectivity index is 1.79. The molecule has 21 heavy (non-hydrogen) atoms. The molecule has 112 valence electrons. The molecule has 3 heteroatoms. The third kappa shape index (κ3) is 3.24. The Hall–Kier alpha value is -1.48. The molecule has 0 spiro atoms. The average Bonchev–Trinajstić information content (AvgIpc) is 2.71. The lowest BCUT2D eigenvalue weighted by atomic mass is 9.91. The summed E-state index contributed by atoms with van der Waals surface area (Å²) in [6, 6.07) is 7.82. The number of hydrogen-bond acceptors (Lipinski definition) is 1.